The van der Waals surface area contributed by atoms with Crippen LogP contribution in [-0.4, -0.2) is 0 Å². The normalized spacial score (nSPS) is 11.0. The second kappa shape index (κ2) is 5.71. The maximum absolute atomic E-state index is 6.18. The predicted octanol–water partition coefficient (Wildman–Crippen LogP) is 6.29. The van der Waals surface area contributed by atoms with Crippen molar-refractivity contribution >= 4 is 46.4 Å². The van der Waals surface area contributed by atoms with Crippen LogP contribution in [0.1, 0.15) is 18.1 Å². The molecule has 2 aromatic rings. The molecule has 18 heavy (non-hydrogen) atoms. The Morgan fingerprint density at radius 2 is 1.39 bits per heavy atom. The van der Waals surface area contributed by atoms with Gasteiger partial charge >= 0.3 is 0 Å². The Morgan fingerprint density at radius 1 is 0.778 bits per heavy atom. The van der Waals surface area contributed by atoms with E-state index >= 15 is 0 Å². The van der Waals surface area contributed by atoms with E-state index in [1.165, 1.54) is 0 Å². The highest BCUT2D eigenvalue weighted by molar-refractivity contribution is 6.35. The van der Waals surface area contributed by atoms with Crippen molar-refractivity contribution in [3.8, 4) is 0 Å². The van der Waals surface area contributed by atoms with Crippen LogP contribution in [0.2, 0.25) is 20.1 Å². The van der Waals surface area contributed by atoms with E-state index in [1.54, 1.807) is 18.2 Å². The summed E-state index contributed by atoms with van der Waals surface area (Å²) < 4.78 is 0. The van der Waals surface area contributed by atoms with E-state index in [0.717, 1.165) is 17.0 Å². The van der Waals surface area contributed by atoms with Gasteiger partial charge < -0.3 is 0 Å². The highest BCUT2D eigenvalue weighted by Gasteiger charge is 2.14. The van der Waals surface area contributed by atoms with Crippen molar-refractivity contribution in [3.05, 3.63) is 73.5 Å². The minimum atomic E-state index is 0.599. The summed E-state index contributed by atoms with van der Waals surface area (Å²) in [5.41, 5.74) is 1.86. The first-order chi connectivity index (χ1) is 8.47. The lowest BCUT2D eigenvalue weighted by Crippen LogP contribution is -1.98. The largest absolute Gasteiger partial charge is 0.0843 e. The summed E-state index contributed by atoms with van der Waals surface area (Å²) in [5, 5.41) is 2.42. The van der Waals surface area contributed by atoms with Gasteiger partial charge in [-0.3, -0.25) is 0 Å². The summed E-state index contributed by atoms with van der Waals surface area (Å²) >= 11 is 24.1. The first-order valence-corrected chi connectivity index (χ1v) is 6.74. The summed E-state index contributed by atoms with van der Waals surface area (Å²) in [6, 6.07) is 10.8. The van der Waals surface area contributed by atoms with E-state index < -0.39 is 0 Å². The number of benzene rings is 2. The Kier molecular flexibility index (Phi) is 4.45. The fraction of sp³-hybridized carbons (Fsp3) is 0.0714. The minimum absolute atomic E-state index is 0.599. The van der Waals surface area contributed by atoms with E-state index in [0.29, 0.717) is 20.1 Å². The molecule has 93 valence electrons. The van der Waals surface area contributed by atoms with Gasteiger partial charge in [0.15, 0.2) is 0 Å². The molecular weight excluding hydrogens is 310 g/mol. The van der Waals surface area contributed by atoms with Crippen LogP contribution in [0.3, 0.4) is 0 Å². The maximum Gasteiger partial charge on any atom is 0.0462 e. The Bertz CT molecular complexity index is 558. The van der Waals surface area contributed by atoms with Gasteiger partial charge in [-0.1, -0.05) is 59.4 Å². The Morgan fingerprint density at radius 3 is 1.94 bits per heavy atom. The summed E-state index contributed by atoms with van der Waals surface area (Å²) in [6.45, 7) is 1.97. The Labute approximate surface area is 126 Å². The zero-order valence-electron chi connectivity index (χ0n) is 9.48. The first kappa shape index (κ1) is 14.0. The predicted molar refractivity (Wildman–Crippen MR) is 80.0 cm³/mol. The lowest BCUT2D eigenvalue weighted by atomic mass is 9.93. The molecule has 0 nitrogen and oxygen atoms in total. The maximum atomic E-state index is 6.18. The molecule has 0 N–H and O–H groups in total. The van der Waals surface area contributed by atoms with Gasteiger partial charge in [-0.05, 0) is 41.5 Å². The Hall–Kier alpha value is -0.400. The molecule has 0 bridgehead atoms. The summed E-state index contributed by atoms with van der Waals surface area (Å²) in [5.74, 6) is 1.00. The average molecular weight is 319 g/mol. The number of halogens is 4. The van der Waals surface area contributed by atoms with Crippen molar-refractivity contribution < 1.29 is 0 Å². The van der Waals surface area contributed by atoms with Crippen LogP contribution in [0.25, 0.3) is 0 Å². The van der Waals surface area contributed by atoms with Gasteiger partial charge in [0.2, 0.25) is 0 Å². The van der Waals surface area contributed by atoms with Crippen molar-refractivity contribution in [2.45, 2.75) is 6.92 Å². The molecule has 0 aromatic heterocycles. The van der Waals surface area contributed by atoms with Crippen LogP contribution in [-0.2, 0) is 0 Å². The number of hydrogen-bond acceptors (Lipinski definition) is 0. The van der Waals surface area contributed by atoms with Gasteiger partial charge in [0.1, 0.15) is 0 Å². The van der Waals surface area contributed by atoms with Crippen molar-refractivity contribution in [2.24, 2.45) is 0 Å². The van der Waals surface area contributed by atoms with Gasteiger partial charge in [-0.25, -0.2) is 0 Å². The SMILES string of the molecule is C[C](c1cc(Cl)cc(Cl)c1)c1ccc(Cl)cc1Cl. The molecule has 1 radical (unpaired) electrons. The molecule has 0 amide bonds. The van der Waals surface area contributed by atoms with Gasteiger partial charge in [-0.2, -0.15) is 0 Å². The van der Waals surface area contributed by atoms with Crippen molar-refractivity contribution in [1.82, 2.24) is 0 Å². The topological polar surface area (TPSA) is 0 Å². The van der Waals surface area contributed by atoms with Crippen LogP contribution in [0.5, 0.6) is 0 Å². The molecule has 0 fully saturated rings. The summed E-state index contributed by atoms with van der Waals surface area (Å²) in [4.78, 5) is 0. The highest BCUT2D eigenvalue weighted by Crippen LogP contribution is 2.33. The van der Waals surface area contributed by atoms with E-state index in [2.05, 4.69) is 0 Å². The van der Waals surface area contributed by atoms with E-state index in [1.807, 2.05) is 25.1 Å². The summed E-state index contributed by atoms with van der Waals surface area (Å²) in [6.07, 6.45) is 0. The second-order valence-corrected chi connectivity index (χ2v) is 5.62. The van der Waals surface area contributed by atoms with Gasteiger partial charge in [0.05, 0.1) is 0 Å². The number of hydrogen-bond donors (Lipinski definition) is 0. The lowest BCUT2D eigenvalue weighted by molar-refractivity contribution is 1.19. The average Bonchev–Trinajstić information content (AvgIpc) is 2.26. The van der Waals surface area contributed by atoms with Crippen LogP contribution in [0, 0.1) is 5.92 Å². The molecule has 0 spiro atoms. The van der Waals surface area contributed by atoms with Gasteiger partial charge in [-0.15, -0.1) is 0 Å². The molecule has 0 saturated carbocycles. The molecule has 2 rings (SSSR count). The molecule has 2 aromatic carbocycles. The highest BCUT2D eigenvalue weighted by atomic mass is 35.5. The van der Waals surface area contributed by atoms with Crippen molar-refractivity contribution in [2.75, 3.05) is 0 Å². The lowest BCUT2D eigenvalue weighted by Gasteiger charge is -2.14. The fourth-order valence-electron chi connectivity index (χ4n) is 1.72. The zero-order valence-corrected chi connectivity index (χ0v) is 12.5. The number of rotatable bonds is 2. The molecule has 0 unspecified atom stereocenters. The van der Waals surface area contributed by atoms with Crippen LogP contribution < -0.4 is 0 Å². The van der Waals surface area contributed by atoms with Crippen LogP contribution in [0.15, 0.2) is 36.4 Å². The smallest absolute Gasteiger partial charge is 0.0462 e. The molecule has 0 atom stereocenters. The molecule has 0 aliphatic rings. The molecule has 0 heterocycles. The van der Waals surface area contributed by atoms with Crippen LogP contribution in [0.4, 0.5) is 0 Å². The zero-order chi connectivity index (χ0) is 13.3. The molecule has 4 heteroatoms. The van der Waals surface area contributed by atoms with Crippen molar-refractivity contribution in [3.63, 3.8) is 0 Å². The first-order valence-electron chi connectivity index (χ1n) is 5.23. The standard InChI is InChI=1S/C14H9Cl4/c1-8(9-4-11(16)6-12(17)5-9)13-3-2-10(15)7-14(13)18/h2-7H,1H3. The Balaban J connectivity index is 2.44. The third-order valence-corrected chi connectivity index (χ3v) is 3.61. The second-order valence-electron chi connectivity index (χ2n) is 3.91. The van der Waals surface area contributed by atoms with E-state index in [9.17, 15) is 0 Å². The third-order valence-electron chi connectivity index (χ3n) is 2.63. The van der Waals surface area contributed by atoms with Gasteiger partial charge in [0.25, 0.3) is 0 Å². The quantitative estimate of drug-likeness (QED) is 0.610. The fourth-order valence-corrected chi connectivity index (χ4v) is 2.80. The molecule has 0 saturated heterocycles. The van der Waals surface area contributed by atoms with Gasteiger partial charge in [0, 0.05) is 26.0 Å². The minimum Gasteiger partial charge on any atom is -0.0843 e. The van der Waals surface area contributed by atoms with E-state index in [-0.39, 0.29) is 0 Å². The third kappa shape index (κ3) is 3.13. The monoisotopic (exact) mass is 317 g/mol. The van der Waals surface area contributed by atoms with E-state index in [4.69, 9.17) is 46.4 Å². The van der Waals surface area contributed by atoms with Crippen LogP contribution >= 0.6 is 46.4 Å². The molecule has 0 aliphatic carbocycles. The molecular formula is C14H9Cl4. The summed E-state index contributed by atoms with van der Waals surface area (Å²) in [7, 11) is 0. The molecule has 0 aliphatic heterocycles. The van der Waals surface area contributed by atoms with Crippen molar-refractivity contribution in [1.29, 1.82) is 0 Å².